The smallest absolute Gasteiger partial charge is 0.264 e. The summed E-state index contributed by atoms with van der Waals surface area (Å²) < 4.78 is 5.80. The molecule has 2 amide bonds. The van der Waals surface area contributed by atoms with Crippen molar-refractivity contribution in [1.29, 1.82) is 0 Å². The number of nitrogens with two attached hydrogens (primary N) is 1. The van der Waals surface area contributed by atoms with Crippen molar-refractivity contribution in [2.45, 2.75) is 20.3 Å². The SMILES string of the molecule is CC(C)CCN(C(=O)CN)c1ccccc1OCC(=O)N(C)c1ccccc1. The normalized spacial score (nSPS) is 10.6. The number of likely N-dealkylation sites (N-methyl/N-ethyl adjacent to an activating group) is 1. The van der Waals surface area contributed by atoms with Crippen LogP contribution < -0.4 is 20.3 Å². The Balaban J connectivity index is 2.13. The van der Waals surface area contributed by atoms with E-state index in [0.717, 1.165) is 12.1 Å². The van der Waals surface area contributed by atoms with Crippen molar-refractivity contribution in [1.82, 2.24) is 0 Å². The topological polar surface area (TPSA) is 75.9 Å². The number of carbonyl (C=O) groups is 2. The van der Waals surface area contributed by atoms with E-state index in [0.29, 0.717) is 23.9 Å². The van der Waals surface area contributed by atoms with Crippen LogP contribution >= 0.6 is 0 Å². The fourth-order valence-electron chi connectivity index (χ4n) is 2.71. The van der Waals surface area contributed by atoms with Crippen molar-refractivity contribution in [2.24, 2.45) is 11.7 Å². The second-order valence-electron chi connectivity index (χ2n) is 6.98. The van der Waals surface area contributed by atoms with Gasteiger partial charge >= 0.3 is 0 Å². The molecule has 2 aromatic rings. The second kappa shape index (κ2) is 10.5. The molecule has 0 spiro atoms. The van der Waals surface area contributed by atoms with Gasteiger partial charge in [-0.2, -0.15) is 0 Å². The molecule has 0 heterocycles. The van der Waals surface area contributed by atoms with Crippen LogP contribution in [0.4, 0.5) is 11.4 Å². The molecule has 0 aliphatic rings. The zero-order valence-corrected chi connectivity index (χ0v) is 16.8. The highest BCUT2D eigenvalue weighted by molar-refractivity contribution is 5.96. The van der Waals surface area contributed by atoms with Crippen LogP contribution in [0, 0.1) is 5.92 Å². The van der Waals surface area contributed by atoms with Crippen molar-refractivity contribution in [3.8, 4) is 5.75 Å². The Morgan fingerprint density at radius 2 is 1.64 bits per heavy atom. The molecular weight excluding hydrogens is 354 g/mol. The molecule has 0 aromatic heterocycles. The average molecular weight is 383 g/mol. The summed E-state index contributed by atoms with van der Waals surface area (Å²) in [6.07, 6.45) is 0.843. The molecule has 0 aliphatic heterocycles. The Hall–Kier alpha value is -2.86. The quantitative estimate of drug-likeness (QED) is 0.722. The standard InChI is InChI=1S/C22H29N3O3/c1-17(2)13-14-25(21(26)15-23)19-11-7-8-12-20(19)28-16-22(27)24(3)18-9-5-4-6-10-18/h4-12,17H,13-16,23H2,1-3H3. The van der Waals surface area contributed by atoms with Crippen LogP contribution in [-0.4, -0.2) is 38.6 Å². The van der Waals surface area contributed by atoms with Crippen LogP contribution in [0.25, 0.3) is 0 Å². The third-order valence-electron chi connectivity index (χ3n) is 4.43. The van der Waals surface area contributed by atoms with E-state index in [-0.39, 0.29) is 25.0 Å². The molecule has 6 nitrogen and oxygen atoms in total. The minimum absolute atomic E-state index is 0.0812. The number of anilines is 2. The maximum absolute atomic E-state index is 12.5. The summed E-state index contributed by atoms with van der Waals surface area (Å²) in [7, 11) is 1.71. The monoisotopic (exact) mass is 383 g/mol. The molecule has 2 N–H and O–H groups in total. The van der Waals surface area contributed by atoms with E-state index in [2.05, 4.69) is 13.8 Å². The zero-order valence-electron chi connectivity index (χ0n) is 16.8. The molecule has 0 fully saturated rings. The third kappa shape index (κ3) is 5.82. The number of hydrogen-bond acceptors (Lipinski definition) is 4. The number of benzene rings is 2. The van der Waals surface area contributed by atoms with Crippen molar-refractivity contribution in [3.05, 3.63) is 54.6 Å². The molecule has 0 aliphatic carbocycles. The van der Waals surface area contributed by atoms with Gasteiger partial charge in [0.2, 0.25) is 5.91 Å². The maximum Gasteiger partial charge on any atom is 0.264 e. The molecular formula is C22H29N3O3. The van der Waals surface area contributed by atoms with Gasteiger partial charge in [0.15, 0.2) is 6.61 Å². The van der Waals surface area contributed by atoms with E-state index < -0.39 is 0 Å². The van der Waals surface area contributed by atoms with Crippen LogP contribution in [0.2, 0.25) is 0 Å². The van der Waals surface area contributed by atoms with E-state index in [4.69, 9.17) is 10.5 Å². The van der Waals surface area contributed by atoms with Gasteiger partial charge in [0.05, 0.1) is 12.2 Å². The summed E-state index contributed by atoms with van der Waals surface area (Å²) in [6, 6.07) is 16.6. The summed E-state index contributed by atoms with van der Waals surface area (Å²) in [5, 5.41) is 0. The van der Waals surface area contributed by atoms with Gasteiger partial charge in [0.1, 0.15) is 5.75 Å². The first-order chi connectivity index (χ1) is 13.4. The molecule has 28 heavy (non-hydrogen) atoms. The van der Waals surface area contributed by atoms with Crippen molar-refractivity contribution in [2.75, 3.05) is 36.5 Å². The highest BCUT2D eigenvalue weighted by Gasteiger charge is 2.20. The molecule has 0 unspecified atom stereocenters. The third-order valence-corrected chi connectivity index (χ3v) is 4.43. The summed E-state index contributed by atoms with van der Waals surface area (Å²) in [6.45, 7) is 4.54. The zero-order chi connectivity index (χ0) is 20.5. The van der Waals surface area contributed by atoms with E-state index >= 15 is 0 Å². The lowest BCUT2D eigenvalue weighted by Crippen LogP contribution is -2.38. The lowest BCUT2D eigenvalue weighted by molar-refractivity contribution is -0.120. The Bertz CT molecular complexity index is 778. The molecule has 0 bridgehead atoms. The molecule has 150 valence electrons. The minimum Gasteiger partial charge on any atom is -0.482 e. The Labute approximate surface area is 166 Å². The number of para-hydroxylation sites is 3. The first-order valence-electron chi connectivity index (χ1n) is 9.48. The van der Waals surface area contributed by atoms with Crippen LogP contribution in [0.1, 0.15) is 20.3 Å². The molecule has 0 atom stereocenters. The summed E-state index contributed by atoms with van der Waals surface area (Å²) in [5.74, 6) is 0.578. The van der Waals surface area contributed by atoms with E-state index in [1.54, 1.807) is 22.9 Å². The highest BCUT2D eigenvalue weighted by Crippen LogP contribution is 2.29. The van der Waals surface area contributed by atoms with Crippen molar-refractivity contribution >= 4 is 23.2 Å². The Morgan fingerprint density at radius 1 is 1.00 bits per heavy atom. The van der Waals surface area contributed by atoms with E-state index in [1.807, 2.05) is 48.5 Å². The van der Waals surface area contributed by atoms with Gasteiger partial charge in [0, 0.05) is 19.3 Å². The number of nitrogens with zero attached hydrogens (tertiary/aromatic N) is 2. The average Bonchev–Trinajstić information content (AvgIpc) is 2.72. The lowest BCUT2D eigenvalue weighted by Gasteiger charge is -2.26. The van der Waals surface area contributed by atoms with Gasteiger partial charge in [-0.25, -0.2) is 0 Å². The van der Waals surface area contributed by atoms with Gasteiger partial charge in [-0.05, 0) is 36.6 Å². The Kier molecular flexibility index (Phi) is 8.02. The number of ether oxygens (including phenoxy) is 1. The van der Waals surface area contributed by atoms with Gasteiger partial charge in [-0.15, -0.1) is 0 Å². The summed E-state index contributed by atoms with van der Waals surface area (Å²) in [5.41, 5.74) is 7.03. The minimum atomic E-state index is -0.181. The van der Waals surface area contributed by atoms with Gasteiger partial charge in [-0.3, -0.25) is 9.59 Å². The number of amides is 2. The summed E-state index contributed by atoms with van der Waals surface area (Å²) >= 11 is 0. The highest BCUT2D eigenvalue weighted by atomic mass is 16.5. The van der Waals surface area contributed by atoms with Gasteiger partial charge in [-0.1, -0.05) is 44.2 Å². The molecule has 2 rings (SSSR count). The second-order valence-corrected chi connectivity index (χ2v) is 6.98. The van der Waals surface area contributed by atoms with Crippen LogP contribution in [-0.2, 0) is 9.59 Å². The largest absolute Gasteiger partial charge is 0.482 e. The molecule has 0 radical (unpaired) electrons. The summed E-state index contributed by atoms with van der Waals surface area (Å²) in [4.78, 5) is 28.1. The molecule has 0 saturated carbocycles. The molecule has 2 aromatic carbocycles. The van der Waals surface area contributed by atoms with Gasteiger partial charge < -0.3 is 20.3 Å². The van der Waals surface area contributed by atoms with Crippen LogP contribution in [0.3, 0.4) is 0 Å². The molecule has 0 saturated heterocycles. The predicted molar refractivity (Wildman–Crippen MR) is 113 cm³/mol. The van der Waals surface area contributed by atoms with Crippen molar-refractivity contribution in [3.63, 3.8) is 0 Å². The lowest BCUT2D eigenvalue weighted by atomic mass is 10.1. The molecule has 6 heteroatoms. The van der Waals surface area contributed by atoms with E-state index in [1.165, 1.54) is 0 Å². The first-order valence-corrected chi connectivity index (χ1v) is 9.48. The van der Waals surface area contributed by atoms with E-state index in [9.17, 15) is 9.59 Å². The first kappa shape index (κ1) is 21.4. The fraction of sp³-hybridized carbons (Fsp3) is 0.364. The maximum atomic E-state index is 12.5. The van der Waals surface area contributed by atoms with Crippen LogP contribution in [0.5, 0.6) is 5.75 Å². The number of carbonyl (C=O) groups excluding carboxylic acids is 2. The Morgan fingerprint density at radius 3 is 2.29 bits per heavy atom. The number of rotatable bonds is 9. The van der Waals surface area contributed by atoms with Gasteiger partial charge in [0.25, 0.3) is 5.91 Å². The fourth-order valence-corrected chi connectivity index (χ4v) is 2.71. The van der Waals surface area contributed by atoms with Crippen molar-refractivity contribution < 1.29 is 14.3 Å². The number of hydrogen-bond donors (Lipinski definition) is 1. The van der Waals surface area contributed by atoms with Crippen LogP contribution in [0.15, 0.2) is 54.6 Å². The predicted octanol–water partition coefficient (Wildman–Crippen LogP) is 3.07.